The van der Waals surface area contributed by atoms with Gasteiger partial charge in [0, 0.05) is 19.3 Å². The second-order valence-corrected chi connectivity index (χ2v) is 17.4. The smallest absolute Gasteiger partial charge is 0.306 e. The van der Waals surface area contributed by atoms with Crippen molar-refractivity contribution in [1.82, 2.24) is 0 Å². The van der Waals surface area contributed by atoms with Gasteiger partial charge < -0.3 is 28.6 Å². The minimum atomic E-state index is -1.12. The largest absolute Gasteiger partial charge is 0.544 e. The molecule has 0 aliphatic heterocycles. The third kappa shape index (κ3) is 37.6. The van der Waals surface area contributed by atoms with E-state index in [0.717, 1.165) is 57.8 Å². The van der Waals surface area contributed by atoms with Crippen molar-refractivity contribution in [2.45, 2.75) is 238 Å². The van der Waals surface area contributed by atoms with Gasteiger partial charge in [0.1, 0.15) is 12.6 Å². The van der Waals surface area contributed by atoms with Crippen LogP contribution >= 0.6 is 0 Å². The molecule has 56 heavy (non-hydrogen) atoms. The fourth-order valence-corrected chi connectivity index (χ4v) is 7.17. The van der Waals surface area contributed by atoms with Crippen molar-refractivity contribution in [3.8, 4) is 0 Å². The number of carbonyl (C=O) groups is 3. The summed E-state index contributed by atoms with van der Waals surface area (Å²) in [4.78, 5) is 36.8. The maximum atomic E-state index is 12.7. The van der Waals surface area contributed by atoms with Crippen LogP contribution in [0.1, 0.15) is 226 Å². The quantitative estimate of drug-likeness (QED) is 0.0262. The van der Waals surface area contributed by atoms with Crippen molar-refractivity contribution in [2.75, 3.05) is 41.0 Å². The molecule has 0 spiro atoms. The van der Waals surface area contributed by atoms with Gasteiger partial charge in [-0.25, -0.2) is 0 Å². The number of hydrogen-bond acceptors (Lipinski definition) is 7. The van der Waals surface area contributed by atoms with Crippen molar-refractivity contribution in [3.63, 3.8) is 0 Å². The topological polar surface area (TPSA) is 102 Å². The first-order valence-corrected chi connectivity index (χ1v) is 23.7. The highest BCUT2D eigenvalue weighted by atomic mass is 16.6. The van der Waals surface area contributed by atoms with E-state index in [1.165, 1.54) is 135 Å². The summed E-state index contributed by atoms with van der Waals surface area (Å²) in [5, 5.41) is 11.6. The molecule has 0 N–H and O–H groups in total. The summed E-state index contributed by atoms with van der Waals surface area (Å²) in [6.45, 7) is 4.64. The van der Waals surface area contributed by atoms with Crippen LogP contribution < -0.4 is 5.11 Å². The number of quaternary nitrogens is 1. The summed E-state index contributed by atoms with van der Waals surface area (Å²) < 4.78 is 17.2. The molecule has 0 aromatic carbocycles. The summed E-state index contributed by atoms with van der Waals surface area (Å²) in [7, 11) is 5.41. The van der Waals surface area contributed by atoms with Gasteiger partial charge in [0.25, 0.3) is 0 Å². The number of hydrogen-bond donors (Lipinski definition) is 0. The molecule has 330 valence electrons. The van der Waals surface area contributed by atoms with Crippen molar-refractivity contribution in [1.29, 1.82) is 0 Å². The van der Waals surface area contributed by atoms with E-state index >= 15 is 0 Å². The lowest BCUT2D eigenvalue weighted by molar-refractivity contribution is -0.889. The Balaban J connectivity index is 4.12. The van der Waals surface area contributed by atoms with Crippen LogP contribution in [0.25, 0.3) is 0 Å². The highest BCUT2D eigenvalue weighted by Crippen LogP contribution is 2.16. The van der Waals surface area contributed by atoms with E-state index in [1.807, 2.05) is 0 Å². The third-order valence-electron chi connectivity index (χ3n) is 10.9. The molecule has 0 amide bonds. The average Bonchev–Trinajstić information content (AvgIpc) is 3.15. The number of esters is 2. The van der Waals surface area contributed by atoms with Crippen LogP contribution in [0, 0.1) is 0 Å². The van der Waals surface area contributed by atoms with Gasteiger partial charge >= 0.3 is 11.9 Å². The Labute approximate surface area is 346 Å². The van der Waals surface area contributed by atoms with Gasteiger partial charge in [-0.15, -0.1) is 0 Å². The van der Waals surface area contributed by atoms with Crippen LogP contribution in [-0.2, 0) is 28.6 Å². The summed E-state index contributed by atoms with van der Waals surface area (Å²) >= 11 is 0. The lowest BCUT2D eigenvalue weighted by atomic mass is 10.0. The molecule has 0 fully saturated rings. The Bertz CT molecular complexity index is 931. The molecule has 0 saturated carbocycles. The van der Waals surface area contributed by atoms with Gasteiger partial charge in [-0.2, -0.15) is 0 Å². The van der Waals surface area contributed by atoms with E-state index in [4.69, 9.17) is 14.2 Å². The predicted octanol–water partition coefficient (Wildman–Crippen LogP) is 11.8. The van der Waals surface area contributed by atoms with Crippen LogP contribution in [0.3, 0.4) is 0 Å². The van der Waals surface area contributed by atoms with Gasteiger partial charge in [0.2, 0.25) is 0 Å². The number of allylic oxidation sites excluding steroid dienone is 2. The van der Waals surface area contributed by atoms with E-state index in [1.54, 1.807) is 21.1 Å². The molecule has 0 rings (SSSR count). The first-order chi connectivity index (χ1) is 27.1. The Morgan fingerprint density at radius 3 is 1.34 bits per heavy atom. The van der Waals surface area contributed by atoms with Crippen LogP contribution in [0.5, 0.6) is 0 Å². The summed E-state index contributed by atoms with van der Waals surface area (Å²) in [6.07, 6.45) is 42.5. The summed E-state index contributed by atoms with van der Waals surface area (Å²) in [5.74, 6) is -1.74. The van der Waals surface area contributed by atoms with Crippen LogP contribution in [-0.4, -0.2) is 75.5 Å². The lowest BCUT2D eigenvalue weighted by Gasteiger charge is -2.34. The molecule has 8 heteroatoms. The highest BCUT2D eigenvalue weighted by molar-refractivity contribution is 5.70. The van der Waals surface area contributed by atoms with E-state index < -0.39 is 18.1 Å². The molecular formula is C48H91NO7. The minimum absolute atomic E-state index is 0.0414. The molecule has 2 atom stereocenters. The molecule has 0 saturated heterocycles. The van der Waals surface area contributed by atoms with Crippen molar-refractivity contribution in [3.05, 3.63) is 12.2 Å². The maximum Gasteiger partial charge on any atom is 0.306 e. The van der Waals surface area contributed by atoms with E-state index in [0.29, 0.717) is 12.8 Å². The number of rotatable bonds is 43. The van der Waals surface area contributed by atoms with E-state index in [-0.39, 0.29) is 42.7 Å². The molecule has 0 aromatic rings. The normalized spacial score (nSPS) is 12.9. The lowest BCUT2D eigenvalue weighted by Crippen LogP contribution is -2.55. The van der Waals surface area contributed by atoms with Crippen molar-refractivity contribution >= 4 is 17.9 Å². The third-order valence-corrected chi connectivity index (χ3v) is 10.9. The highest BCUT2D eigenvalue weighted by Gasteiger charge is 2.25. The molecule has 0 heterocycles. The Hall–Kier alpha value is -1.93. The number of unbranched alkanes of at least 4 members (excludes halogenated alkanes) is 27. The van der Waals surface area contributed by atoms with Gasteiger partial charge in [0.15, 0.2) is 6.10 Å². The van der Waals surface area contributed by atoms with Crippen LogP contribution in [0.2, 0.25) is 0 Å². The number of nitrogens with zero attached hydrogens (tertiary/aromatic N) is 1. The Kier molecular flexibility index (Phi) is 38.5. The second-order valence-electron chi connectivity index (χ2n) is 17.4. The van der Waals surface area contributed by atoms with Gasteiger partial charge in [-0.1, -0.05) is 187 Å². The van der Waals surface area contributed by atoms with Gasteiger partial charge in [0.05, 0.1) is 40.3 Å². The van der Waals surface area contributed by atoms with Crippen LogP contribution in [0.15, 0.2) is 12.2 Å². The van der Waals surface area contributed by atoms with Gasteiger partial charge in [-0.05, 0) is 32.1 Å². The monoisotopic (exact) mass is 794 g/mol. The number of likely N-dealkylation sites (N-methyl/N-ethyl adjacent to an activating group) is 1. The number of aliphatic carboxylic acids is 1. The molecule has 0 aliphatic carbocycles. The predicted molar refractivity (Wildman–Crippen MR) is 231 cm³/mol. The molecule has 0 aromatic heterocycles. The SMILES string of the molecule is CCCC/C=C/CCCCCCC(=O)OC(COCCC(C(=O)[O-])[N+](C)(C)C)COC(=O)CCCCCCCCCCCCCCCCCCCCCCCC. The zero-order valence-corrected chi connectivity index (χ0v) is 37.6. The Morgan fingerprint density at radius 1 is 0.518 bits per heavy atom. The first kappa shape index (κ1) is 54.1. The molecule has 2 unspecified atom stereocenters. The summed E-state index contributed by atoms with van der Waals surface area (Å²) in [5.41, 5.74) is 0. The summed E-state index contributed by atoms with van der Waals surface area (Å²) in [6, 6.07) is -0.723. The fourth-order valence-electron chi connectivity index (χ4n) is 7.17. The molecule has 0 radical (unpaired) electrons. The van der Waals surface area contributed by atoms with E-state index in [9.17, 15) is 19.5 Å². The molecule has 0 aliphatic rings. The number of carboxylic acid groups (broad SMARTS) is 1. The zero-order valence-electron chi connectivity index (χ0n) is 37.6. The number of ether oxygens (including phenoxy) is 3. The number of carboxylic acids is 1. The molecular weight excluding hydrogens is 703 g/mol. The molecule has 8 nitrogen and oxygen atoms in total. The zero-order chi connectivity index (χ0) is 41.4. The average molecular weight is 794 g/mol. The van der Waals surface area contributed by atoms with Crippen molar-refractivity contribution in [2.24, 2.45) is 0 Å². The second kappa shape index (κ2) is 39.9. The molecule has 0 bridgehead atoms. The fraction of sp³-hybridized carbons (Fsp3) is 0.896. The Morgan fingerprint density at radius 2 is 0.911 bits per heavy atom. The van der Waals surface area contributed by atoms with E-state index in [2.05, 4.69) is 26.0 Å². The van der Waals surface area contributed by atoms with Gasteiger partial charge in [-0.3, -0.25) is 9.59 Å². The standard InChI is InChI=1S/C48H91NO7/c1-6-8-10-12-14-16-18-19-20-21-22-23-24-25-26-27-28-29-31-32-34-36-38-46(50)55-43-44(42-54-41-40-45(48(52)53)49(3,4)5)56-47(51)39-37-35-33-30-17-15-13-11-9-7-2/h13,15,44-45H,6-12,14,16-43H2,1-5H3/b15-13+. The maximum absolute atomic E-state index is 12.7. The van der Waals surface area contributed by atoms with Crippen molar-refractivity contribution < 1.29 is 38.2 Å². The number of carbonyl (C=O) groups excluding carboxylic acids is 3. The minimum Gasteiger partial charge on any atom is -0.544 e. The van der Waals surface area contributed by atoms with Crippen LogP contribution in [0.4, 0.5) is 0 Å². The first-order valence-electron chi connectivity index (χ1n) is 23.7.